The minimum atomic E-state index is -0.770. The molecule has 102 valence electrons. The van der Waals surface area contributed by atoms with Crippen molar-refractivity contribution < 1.29 is 9.50 Å². The van der Waals surface area contributed by atoms with E-state index in [9.17, 15) is 9.50 Å². The molecule has 1 atom stereocenters. The Bertz CT molecular complexity index is 734. The average molecular weight is 270 g/mol. The molecular formula is C16H15FN2O. The van der Waals surface area contributed by atoms with Crippen molar-refractivity contribution in [1.29, 1.82) is 0 Å². The highest BCUT2D eigenvalue weighted by atomic mass is 19.1. The Balaban J connectivity index is 2.11. The molecule has 0 fully saturated rings. The Kier molecular flexibility index (Phi) is 3.24. The number of benzene rings is 1. The van der Waals surface area contributed by atoms with Crippen LogP contribution in [-0.2, 0) is 6.54 Å². The van der Waals surface area contributed by atoms with Gasteiger partial charge in [-0.3, -0.25) is 4.98 Å². The first-order valence-corrected chi connectivity index (χ1v) is 6.57. The third-order valence-electron chi connectivity index (χ3n) is 3.54. The van der Waals surface area contributed by atoms with Crippen molar-refractivity contribution in [3.8, 4) is 0 Å². The van der Waals surface area contributed by atoms with E-state index >= 15 is 0 Å². The van der Waals surface area contributed by atoms with E-state index in [0.717, 1.165) is 23.0 Å². The SMILES string of the molecule is CCn1cc(C(O)c2ccc(F)cc2)c2ccncc21. The summed E-state index contributed by atoms with van der Waals surface area (Å²) in [6, 6.07) is 7.83. The fourth-order valence-electron chi connectivity index (χ4n) is 2.47. The maximum atomic E-state index is 13.0. The van der Waals surface area contributed by atoms with Gasteiger partial charge in [-0.25, -0.2) is 4.39 Å². The number of fused-ring (bicyclic) bond motifs is 1. The van der Waals surface area contributed by atoms with Crippen molar-refractivity contribution in [3.05, 3.63) is 65.9 Å². The van der Waals surface area contributed by atoms with Crippen LogP contribution in [0.5, 0.6) is 0 Å². The van der Waals surface area contributed by atoms with Crippen molar-refractivity contribution in [3.63, 3.8) is 0 Å². The first kappa shape index (κ1) is 12.8. The number of aliphatic hydroxyl groups is 1. The molecule has 1 unspecified atom stereocenters. The summed E-state index contributed by atoms with van der Waals surface area (Å²) in [5.74, 6) is -0.305. The van der Waals surface area contributed by atoms with Crippen LogP contribution in [0.25, 0.3) is 10.9 Å². The van der Waals surface area contributed by atoms with Gasteiger partial charge in [-0.2, -0.15) is 0 Å². The molecule has 20 heavy (non-hydrogen) atoms. The minimum absolute atomic E-state index is 0.305. The zero-order valence-corrected chi connectivity index (χ0v) is 11.1. The molecule has 1 aromatic carbocycles. The molecule has 2 aromatic heterocycles. The second kappa shape index (κ2) is 5.06. The third kappa shape index (κ3) is 2.08. The van der Waals surface area contributed by atoms with Gasteiger partial charge in [0.05, 0.1) is 11.7 Å². The third-order valence-corrected chi connectivity index (χ3v) is 3.54. The lowest BCUT2D eigenvalue weighted by atomic mass is 10.0. The van der Waals surface area contributed by atoms with E-state index in [1.165, 1.54) is 12.1 Å². The molecule has 0 bridgehead atoms. The molecule has 3 rings (SSSR count). The highest BCUT2D eigenvalue weighted by Crippen LogP contribution is 2.30. The number of rotatable bonds is 3. The minimum Gasteiger partial charge on any atom is -0.384 e. The van der Waals surface area contributed by atoms with Crippen molar-refractivity contribution >= 4 is 10.9 Å². The van der Waals surface area contributed by atoms with E-state index in [1.54, 1.807) is 24.5 Å². The highest BCUT2D eigenvalue weighted by Gasteiger charge is 2.17. The van der Waals surface area contributed by atoms with Crippen LogP contribution < -0.4 is 0 Å². The van der Waals surface area contributed by atoms with Crippen LogP contribution >= 0.6 is 0 Å². The zero-order valence-electron chi connectivity index (χ0n) is 11.1. The molecule has 0 saturated carbocycles. The summed E-state index contributed by atoms with van der Waals surface area (Å²) in [4.78, 5) is 4.13. The van der Waals surface area contributed by atoms with Crippen LogP contribution in [0.1, 0.15) is 24.2 Å². The van der Waals surface area contributed by atoms with E-state index in [0.29, 0.717) is 5.56 Å². The highest BCUT2D eigenvalue weighted by molar-refractivity contribution is 5.83. The van der Waals surface area contributed by atoms with Crippen molar-refractivity contribution in [2.45, 2.75) is 19.6 Å². The molecule has 3 aromatic rings. The topological polar surface area (TPSA) is 38.0 Å². The van der Waals surface area contributed by atoms with Gasteiger partial charge < -0.3 is 9.67 Å². The van der Waals surface area contributed by atoms with Gasteiger partial charge in [-0.15, -0.1) is 0 Å². The Labute approximate surface area is 116 Å². The zero-order chi connectivity index (χ0) is 14.1. The fraction of sp³-hybridized carbons (Fsp3) is 0.188. The molecule has 0 radical (unpaired) electrons. The van der Waals surface area contributed by atoms with Gasteiger partial charge in [0.2, 0.25) is 0 Å². The Morgan fingerprint density at radius 2 is 2.00 bits per heavy atom. The summed E-state index contributed by atoms with van der Waals surface area (Å²) in [5, 5.41) is 11.5. The fourth-order valence-corrected chi connectivity index (χ4v) is 2.47. The lowest BCUT2D eigenvalue weighted by Crippen LogP contribution is -1.99. The summed E-state index contributed by atoms with van der Waals surface area (Å²) in [6.07, 6.45) is 4.66. The van der Waals surface area contributed by atoms with Crippen molar-refractivity contribution in [2.24, 2.45) is 0 Å². The van der Waals surface area contributed by atoms with E-state index < -0.39 is 6.10 Å². The van der Waals surface area contributed by atoms with Gasteiger partial charge in [0.25, 0.3) is 0 Å². The first-order valence-electron chi connectivity index (χ1n) is 6.57. The van der Waals surface area contributed by atoms with Crippen LogP contribution in [-0.4, -0.2) is 14.7 Å². The maximum absolute atomic E-state index is 13.0. The first-order chi connectivity index (χ1) is 9.70. The van der Waals surface area contributed by atoms with E-state index in [-0.39, 0.29) is 5.82 Å². The molecule has 0 spiro atoms. The van der Waals surface area contributed by atoms with Gasteiger partial charge in [0.15, 0.2) is 0 Å². The molecule has 3 nitrogen and oxygen atoms in total. The molecule has 0 saturated heterocycles. The normalized spacial score (nSPS) is 12.8. The van der Waals surface area contributed by atoms with Gasteiger partial charge in [-0.05, 0) is 30.7 Å². The molecule has 0 amide bonds. The van der Waals surface area contributed by atoms with E-state index in [1.807, 2.05) is 23.8 Å². The van der Waals surface area contributed by atoms with E-state index in [2.05, 4.69) is 4.98 Å². The summed E-state index contributed by atoms with van der Waals surface area (Å²) in [7, 11) is 0. The Morgan fingerprint density at radius 3 is 2.70 bits per heavy atom. The Hall–Kier alpha value is -2.20. The number of aromatic nitrogens is 2. The number of nitrogens with zero attached hydrogens (tertiary/aromatic N) is 2. The van der Waals surface area contributed by atoms with Crippen molar-refractivity contribution in [1.82, 2.24) is 9.55 Å². The second-order valence-corrected chi connectivity index (χ2v) is 4.72. The van der Waals surface area contributed by atoms with Crippen LogP contribution in [0.15, 0.2) is 48.9 Å². The maximum Gasteiger partial charge on any atom is 0.123 e. The molecule has 0 aliphatic rings. The number of aliphatic hydroxyl groups excluding tert-OH is 1. The second-order valence-electron chi connectivity index (χ2n) is 4.72. The molecule has 4 heteroatoms. The quantitative estimate of drug-likeness (QED) is 0.793. The molecule has 1 N–H and O–H groups in total. The van der Waals surface area contributed by atoms with Gasteiger partial charge in [-0.1, -0.05) is 12.1 Å². The number of aryl methyl sites for hydroxylation is 1. The summed E-state index contributed by atoms with van der Waals surface area (Å²) in [6.45, 7) is 2.85. The van der Waals surface area contributed by atoms with Gasteiger partial charge >= 0.3 is 0 Å². The van der Waals surface area contributed by atoms with Crippen LogP contribution in [0, 0.1) is 5.82 Å². The predicted octanol–water partition coefficient (Wildman–Crippen LogP) is 3.28. The average Bonchev–Trinajstić information content (AvgIpc) is 2.86. The lowest BCUT2D eigenvalue weighted by molar-refractivity contribution is 0.221. The number of hydrogen-bond acceptors (Lipinski definition) is 2. The van der Waals surface area contributed by atoms with Gasteiger partial charge in [0, 0.05) is 29.9 Å². The smallest absolute Gasteiger partial charge is 0.123 e. The monoisotopic (exact) mass is 270 g/mol. The largest absolute Gasteiger partial charge is 0.384 e. The molecule has 0 aliphatic heterocycles. The van der Waals surface area contributed by atoms with E-state index in [4.69, 9.17) is 0 Å². The number of hydrogen-bond donors (Lipinski definition) is 1. The number of halogens is 1. The molecular weight excluding hydrogens is 255 g/mol. The van der Waals surface area contributed by atoms with Crippen LogP contribution in [0.3, 0.4) is 0 Å². The summed E-state index contributed by atoms with van der Waals surface area (Å²) >= 11 is 0. The summed E-state index contributed by atoms with van der Waals surface area (Å²) < 4.78 is 15.0. The van der Waals surface area contributed by atoms with Crippen LogP contribution in [0.4, 0.5) is 4.39 Å². The van der Waals surface area contributed by atoms with Crippen LogP contribution in [0.2, 0.25) is 0 Å². The lowest BCUT2D eigenvalue weighted by Gasteiger charge is -2.10. The predicted molar refractivity (Wildman–Crippen MR) is 75.9 cm³/mol. The van der Waals surface area contributed by atoms with Crippen molar-refractivity contribution in [2.75, 3.05) is 0 Å². The standard InChI is InChI=1S/C16H15FN2O/c1-2-19-10-14(13-7-8-18-9-15(13)19)16(20)11-3-5-12(17)6-4-11/h3-10,16,20H,2H2,1H3. The molecule has 2 heterocycles. The summed E-state index contributed by atoms with van der Waals surface area (Å²) in [5.41, 5.74) is 2.49. The van der Waals surface area contributed by atoms with Gasteiger partial charge in [0.1, 0.15) is 11.9 Å². The molecule has 0 aliphatic carbocycles. The number of pyridine rings is 1. The Morgan fingerprint density at radius 1 is 1.25 bits per heavy atom.